The Morgan fingerprint density at radius 3 is 1.82 bits per heavy atom. The van der Waals surface area contributed by atoms with Gasteiger partial charge in [-0.1, -0.05) is 6.07 Å². The standard InChI is InChI=1S/C26H23N3O9/c30-14-6-4-12(5-7-14)24(35)28-16-10-27-11-17(16)29-25(36)13-8-19(32)22(20(33)9-13)23(34)21-15(26(37)38)2-1-3-18(21)31/h1-9,16-17,27,30-33H,10-11H2,(H,28,35)(H,29,36)(H,37,38)/t16-,17-/m0/s1. The van der Waals surface area contributed by atoms with Gasteiger partial charge in [0.1, 0.15) is 28.6 Å². The minimum Gasteiger partial charge on any atom is -0.508 e. The van der Waals surface area contributed by atoms with Gasteiger partial charge in [-0.2, -0.15) is 0 Å². The van der Waals surface area contributed by atoms with Crippen LogP contribution < -0.4 is 16.0 Å². The molecular weight excluding hydrogens is 498 g/mol. The van der Waals surface area contributed by atoms with Gasteiger partial charge in [-0.05, 0) is 48.5 Å². The van der Waals surface area contributed by atoms with Gasteiger partial charge in [0.25, 0.3) is 11.8 Å². The highest BCUT2D eigenvalue weighted by Crippen LogP contribution is 2.34. The van der Waals surface area contributed by atoms with E-state index >= 15 is 0 Å². The summed E-state index contributed by atoms with van der Waals surface area (Å²) in [5.74, 6) is -6.05. The van der Waals surface area contributed by atoms with Gasteiger partial charge >= 0.3 is 5.97 Å². The molecule has 0 unspecified atom stereocenters. The molecule has 1 heterocycles. The van der Waals surface area contributed by atoms with Crippen LogP contribution in [0.5, 0.6) is 23.0 Å². The van der Waals surface area contributed by atoms with E-state index in [0.717, 1.165) is 24.3 Å². The molecule has 8 N–H and O–H groups in total. The maximum absolute atomic E-state index is 13.0. The fourth-order valence-corrected chi connectivity index (χ4v) is 4.16. The molecule has 1 aliphatic rings. The summed E-state index contributed by atoms with van der Waals surface area (Å²) in [5, 5.41) is 58.3. The second kappa shape index (κ2) is 10.5. The van der Waals surface area contributed by atoms with Crippen LogP contribution in [0.1, 0.15) is 47.0 Å². The number of carboxylic acids is 1. The smallest absolute Gasteiger partial charge is 0.336 e. The molecular formula is C26H23N3O9. The normalized spacial score (nSPS) is 16.5. The van der Waals surface area contributed by atoms with Crippen molar-refractivity contribution in [1.29, 1.82) is 0 Å². The van der Waals surface area contributed by atoms with Crippen LogP contribution in [0.25, 0.3) is 0 Å². The molecule has 12 heteroatoms. The minimum absolute atomic E-state index is 0.0105. The molecule has 3 aromatic rings. The lowest BCUT2D eigenvalue weighted by atomic mass is 9.95. The number of carboxylic acid groups (broad SMARTS) is 1. The predicted molar refractivity (Wildman–Crippen MR) is 132 cm³/mol. The number of hydrogen-bond acceptors (Lipinski definition) is 9. The van der Waals surface area contributed by atoms with E-state index in [-0.39, 0.29) is 11.3 Å². The van der Waals surface area contributed by atoms with Gasteiger partial charge < -0.3 is 41.5 Å². The van der Waals surface area contributed by atoms with Gasteiger partial charge in [-0.3, -0.25) is 14.4 Å². The number of phenols is 4. The Balaban J connectivity index is 1.52. The predicted octanol–water partition coefficient (Wildman–Crippen LogP) is 0.938. The van der Waals surface area contributed by atoms with E-state index in [1.54, 1.807) is 0 Å². The summed E-state index contributed by atoms with van der Waals surface area (Å²) in [7, 11) is 0. The fraction of sp³-hybridized carbons (Fsp3) is 0.154. The van der Waals surface area contributed by atoms with E-state index in [1.165, 1.54) is 30.3 Å². The number of hydrogen-bond donors (Lipinski definition) is 8. The van der Waals surface area contributed by atoms with Crippen molar-refractivity contribution in [2.24, 2.45) is 0 Å². The average molecular weight is 521 g/mol. The Kier molecular flexibility index (Phi) is 7.17. The van der Waals surface area contributed by atoms with Crippen molar-refractivity contribution < 1.29 is 44.7 Å². The van der Waals surface area contributed by atoms with Gasteiger partial charge in [0.2, 0.25) is 5.78 Å². The van der Waals surface area contributed by atoms with Crippen molar-refractivity contribution in [1.82, 2.24) is 16.0 Å². The maximum Gasteiger partial charge on any atom is 0.336 e. The van der Waals surface area contributed by atoms with E-state index in [0.29, 0.717) is 18.7 Å². The fourth-order valence-electron chi connectivity index (χ4n) is 4.16. The van der Waals surface area contributed by atoms with Crippen molar-refractivity contribution >= 4 is 23.6 Å². The Labute approximate surface area is 215 Å². The zero-order chi connectivity index (χ0) is 27.6. The van der Waals surface area contributed by atoms with Crippen LogP contribution in [-0.2, 0) is 0 Å². The van der Waals surface area contributed by atoms with Gasteiger partial charge in [0, 0.05) is 24.2 Å². The second-order valence-electron chi connectivity index (χ2n) is 8.59. The van der Waals surface area contributed by atoms with Gasteiger partial charge in [-0.25, -0.2) is 4.79 Å². The monoisotopic (exact) mass is 521 g/mol. The van der Waals surface area contributed by atoms with Crippen LogP contribution in [0, 0.1) is 0 Å². The zero-order valence-corrected chi connectivity index (χ0v) is 19.6. The summed E-state index contributed by atoms with van der Waals surface area (Å²) in [6, 6.07) is 9.82. The van der Waals surface area contributed by atoms with E-state index in [9.17, 15) is 44.7 Å². The SMILES string of the molecule is O=C(N[C@H]1CNC[C@@H]1NC(=O)c1cc(O)c(C(=O)c2c(O)cccc2C(=O)O)c(O)c1)c1ccc(O)cc1. The topological polar surface area (TPSA) is 206 Å². The van der Waals surface area contributed by atoms with Gasteiger partial charge in [0.05, 0.1) is 23.2 Å². The number of ketones is 1. The highest BCUT2D eigenvalue weighted by molar-refractivity contribution is 6.18. The molecule has 1 fully saturated rings. The minimum atomic E-state index is -1.50. The van der Waals surface area contributed by atoms with E-state index in [2.05, 4.69) is 16.0 Å². The number of aromatic hydroxyl groups is 4. The number of carbonyl (C=O) groups excluding carboxylic acids is 3. The Morgan fingerprint density at radius 2 is 1.26 bits per heavy atom. The number of nitrogens with one attached hydrogen (secondary N) is 3. The largest absolute Gasteiger partial charge is 0.508 e. The first-order valence-corrected chi connectivity index (χ1v) is 11.3. The summed E-state index contributed by atoms with van der Waals surface area (Å²) in [6.45, 7) is 0.664. The summed E-state index contributed by atoms with van der Waals surface area (Å²) in [6.07, 6.45) is 0. The molecule has 2 atom stereocenters. The van der Waals surface area contributed by atoms with E-state index < -0.39 is 69.6 Å². The lowest BCUT2D eigenvalue weighted by molar-refractivity contribution is 0.0691. The number of amides is 2. The molecule has 2 amide bonds. The lowest BCUT2D eigenvalue weighted by Crippen LogP contribution is -2.51. The first-order chi connectivity index (χ1) is 18.1. The number of benzene rings is 3. The van der Waals surface area contributed by atoms with Crippen molar-refractivity contribution in [3.63, 3.8) is 0 Å². The van der Waals surface area contributed by atoms with E-state index in [1.807, 2.05) is 0 Å². The third kappa shape index (κ3) is 5.20. The zero-order valence-electron chi connectivity index (χ0n) is 19.6. The first kappa shape index (κ1) is 26.0. The molecule has 0 aliphatic carbocycles. The van der Waals surface area contributed by atoms with Crippen molar-refractivity contribution in [3.8, 4) is 23.0 Å². The average Bonchev–Trinajstić information content (AvgIpc) is 3.29. The van der Waals surface area contributed by atoms with Crippen LogP contribution in [0.15, 0.2) is 54.6 Å². The van der Waals surface area contributed by atoms with Crippen molar-refractivity contribution in [3.05, 3.63) is 82.4 Å². The Hall–Kier alpha value is -5.10. The molecule has 0 spiro atoms. The van der Waals surface area contributed by atoms with Crippen LogP contribution in [0.4, 0.5) is 0 Å². The number of aromatic carboxylic acids is 1. The highest BCUT2D eigenvalue weighted by atomic mass is 16.4. The number of phenolic OH excluding ortho intramolecular Hbond substituents is 4. The lowest BCUT2D eigenvalue weighted by Gasteiger charge is -2.21. The quantitative estimate of drug-likeness (QED) is 0.207. The molecule has 0 saturated carbocycles. The van der Waals surface area contributed by atoms with Crippen LogP contribution in [0.2, 0.25) is 0 Å². The molecule has 1 saturated heterocycles. The summed E-state index contributed by atoms with van der Waals surface area (Å²) < 4.78 is 0. The third-order valence-electron chi connectivity index (χ3n) is 6.06. The van der Waals surface area contributed by atoms with Gasteiger partial charge in [0.15, 0.2) is 0 Å². The number of carbonyl (C=O) groups is 4. The molecule has 0 aromatic heterocycles. The summed E-state index contributed by atoms with van der Waals surface area (Å²) >= 11 is 0. The molecule has 12 nitrogen and oxygen atoms in total. The number of rotatable bonds is 7. The van der Waals surface area contributed by atoms with Crippen molar-refractivity contribution in [2.45, 2.75) is 12.1 Å². The van der Waals surface area contributed by atoms with Crippen molar-refractivity contribution in [2.75, 3.05) is 13.1 Å². The summed E-state index contributed by atoms with van der Waals surface area (Å²) in [5.41, 5.74) is -1.75. The molecule has 196 valence electrons. The van der Waals surface area contributed by atoms with Gasteiger partial charge in [-0.15, -0.1) is 0 Å². The van der Waals surface area contributed by atoms with Crippen LogP contribution >= 0.6 is 0 Å². The summed E-state index contributed by atoms with van der Waals surface area (Å²) in [4.78, 5) is 49.9. The Morgan fingerprint density at radius 1 is 0.711 bits per heavy atom. The molecule has 3 aromatic carbocycles. The second-order valence-corrected chi connectivity index (χ2v) is 8.59. The molecule has 0 radical (unpaired) electrons. The molecule has 38 heavy (non-hydrogen) atoms. The molecule has 4 rings (SSSR count). The van der Waals surface area contributed by atoms with E-state index in [4.69, 9.17) is 0 Å². The molecule has 1 aliphatic heterocycles. The van der Waals surface area contributed by atoms with Crippen LogP contribution in [0.3, 0.4) is 0 Å². The maximum atomic E-state index is 13.0. The third-order valence-corrected chi connectivity index (χ3v) is 6.06. The highest BCUT2D eigenvalue weighted by Gasteiger charge is 2.32. The Bertz CT molecular complexity index is 1410. The molecule has 0 bridgehead atoms. The van der Waals surface area contributed by atoms with Crippen LogP contribution in [-0.4, -0.2) is 74.3 Å². The first-order valence-electron chi connectivity index (χ1n) is 11.3.